The molecule has 2 aliphatic rings. The summed E-state index contributed by atoms with van der Waals surface area (Å²) in [5.41, 5.74) is 0.0329. The third kappa shape index (κ3) is 2.58. The van der Waals surface area contributed by atoms with Crippen molar-refractivity contribution < 1.29 is 9.31 Å². The van der Waals surface area contributed by atoms with Gasteiger partial charge in [-0.1, -0.05) is 11.6 Å². The van der Waals surface area contributed by atoms with Crippen molar-refractivity contribution in [2.45, 2.75) is 43.8 Å². The SMILES string of the molecule is O=[N+]([O-])c1cc(F)c(Cl)cc1NC1CC2CCC(C1)N2. The number of halogens is 2. The summed E-state index contributed by atoms with van der Waals surface area (Å²) in [5, 5.41) is 17.6. The Balaban J connectivity index is 1.83. The fourth-order valence-corrected chi connectivity index (χ4v) is 3.36. The van der Waals surface area contributed by atoms with Crippen LogP contribution in [0.5, 0.6) is 0 Å². The van der Waals surface area contributed by atoms with Crippen LogP contribution in [0, 0.1) is 15.9 Å². The zero-order valence-corrected chi connectivity index (χ0v) is 11.5. The van der Waals surface area contributed by atoms with Gasteiger partial charge in [0, 0.05) is 18.1 Å². The van der Waals surface area contributed by atoms with E-state index in [0.29, 0.717) is 17.8 Å². The molecule has 1 aromatic carbocycles. The first kappa shape index (κ1) is 13.6. The van der Waals surface area contributed by atoms with Crippen molar-refractivity contribution in [3.8, 4) is 0 Å². The predicted molar refractivity (Wildman–Crippen MR) is 74.7 cm³/mol. The molecule has 2 fully saturated rings. The van der Waals surface area contributed by atoms with Gasteiger partial charge < -0.3 is 10.6 Å². The molecule has 0 amide bonds. The van der Waals surface area contributed by atoms with E-state index in [1.165, 1.54) is 6.07 Å². The highest BCUT2D eigenvalue weighted by atomic mass is 35.5. The molecule has 2 unspecified atom stereocenters. The minimum atomic E-state index is -0.769. The van der Waals surface area contributed by atoms with E-state index in [0.717, 1.165) is 31.7 Å². The first-order valence-electron chi connectivity index (χ1n) is 6.69. The summed E-state index contributed by atoms with van der Waals surface area (Å²) in [6.07, 6.45) is 4.13. The van der Waals surface area contributed by atoms with Crippen molar-refractivity contribution in [1.29, 1.82) is 0 Å². The van der Waals surface area contributed by atoms with E-state index in [1.807, 2.05) is 0 Å². The summed E-state index contributed by atoms with van der Waals surface area (Å²) in [6, 6.07) is 3.29. The molecule has 0 aliphatic carbocycles. The molecule has 1 aromatic rings. The van der Waals surface area contributed by atoms with Crippen LogP contribution in [0.2, 0.25) is 5.02 Å². The Labute approximate surface area is 120 Å². The summed E-state index contributed by atoms with van der Waals surface area (Å²) < 4.78 is 13.4. The first-order chi connectivity index (χ1) is 9.52. The van der Waals surface area contributed by atoms with Crippen LogP contribution in [-0.2, 0) is 0 Å². The zero-order valence-electron chi connectivity index (χ0n) is 10.7. The predicted octanol–water partition coefficient (Wildman–Crippen LogP) is 3.08. The highest BCUT2D eigenvalue weighted by molar-refractivity contribution is 6.31. The quantitative estimate of drug-likeness (QED) is 0.665. The van der Waals surface area contributed by atoms with Crippen molar-refractivity contribution in [3.63, 3.8) is 0 Å². The Morgan fingerprint density at radius 1 is 1.35 bits per heavy atom. The summed E-state index contributed by atoms with van der Waals surface area (Å²) in [4.78, 5) is 10.4. The van der Waals surface area contributed by atoms with Crippen LogP contribution in [0.1, 0.15) is 25.7 Å². The zero-order chi connectivity index (χ0) is 14.3. The average Bonchev–Trinajstić information content (AvgIpc) is 2.72. The average molecular weight is 300 g/mol. The summed E-state index contributed by atoms with van der Waals surface area (Å²) in [7, 11) is 0. The number of nitrogens with one attached hydrogen (secondary N) is 2. The van der Waals surface area contributed by atoms with Crippen LogP contribution in [0.15, 0.2) is 12.1 Å². The van der Waals surface area contributed by atoms with E-state index in [1.54, 1.807) is 0 Å². The number of nitro benzene ring substituents is 1. The lowest BCUT2D eigenvalue weighted by atomic mass is 9.99. The van der Waals surface area contributed by atoms with Gasteiger partial charge in [0.2, 0.25) is 0 Å². The highest BCUT2D eigenvalue weighted by Gasteiger charge is 2.34. The standard InChI is InChI=1S/C13H15ClFN3O2/c14-10-5-12(13(18(19)20)6-11(10)15)17-9-3-7-1-2-8(4-9)16-7/h5-9,16-17H,1-4H2. The van der Waals surface area contributed by atoms with E-state index >= 15 is 0 Å². The molecule has 0 radical (unpaired) electrons. The van der Waals surface area contributed by atoms with E-state index in [9.17, 15) is 14.5 Å². The van der Waals surface area contributed by atoms with Crippen LogP contribution in [0.4, 0.5) is 15.8 Å². The number of hydrogen-bond acceptors (Lipinski definition) is 4. The minimum Gasteiger partial charge on any atom is -0.377 e. The molecule has 5 nitrogen and oxygen atoms in total. The van der Waals surface area contributed by atoms with Gasteiger partial charge >= 0.3 is 0 Å². The normalized spacial score (nSPS) is 28.4. The lowest BCUT2D eigenvalue weighted by Crippen LogP contribution is -2.43. The van der Waals surface area contributed by atoms with Gasteiger partial charge in [-0.3, -0.25) is 10.1 Å². The molecule has 7 heteroatoms. The molecule has 108 valence electrons. The third-order valence-electron chi connectivity index (χ3n) is 4.07. The first-order valence-corrected chi connectivity index (χ1v) is 7.06. The maximum Gasteiger partial charge on any atom is 0.295 e. The molecule has 2 heterocycles. The molecule has 2 aliphatic heterocycles. The topological polar surface area (TPSA) is 67.2 Å². The second kappa shape index (κ2) is 5.18. The number of piperidine rings is 1. The number of hydrogen-bond donors (Lipinski definition) is 2. The van der Waals surface area contributed by atoms with Crippen LogP contribution < -0.4 is 10.6 Å². The molecule has 0 spiro atoms. The van der Waals surface area contributed by atoms with Gasteiger partial charge in [-0.25, -0.2) is 4.39 Å². The molecular weight excluding hydrogens is 285 g/mol. The number of fused-ring (bicyclic) bond motifs is 2. The van der Waals surface area contributed by atoms with Crippen LogP contribution in [-0.4, -0.2) is 23.0 Å². The Kier molecular flexibility index (Phi) is 3.52. The maximum atomic E-state index is 13.4. The lowest BCUT2D eigenvalue weighted by Gasteiger charge is -2.30. The summed E-state index contributed by atoms with van der Waals surface area (Å²) >= 11 is 5.73. The maximum absolute atomic E-state index is 13.4. The summed E-state index contributed by atoms with van der Waals surface area (Å²) in [5.74, 6) is -0.769. The highest BCUT2D eigenvalue weighted by Crippen LogP contribution is 2.34. The molecule has 0 aromatic heterocycles. The molecule has 0 saturated carbocycles. The van der Waals surface area contributed by atoms with E-state index in [-0.39, 0.29) is 16.8 Å². The lowest BCUT2D eigenvalue weighted by molar-refractivity contribution is -0.384. The monoisotopic (exact) mass is 299 g/mol. The van der Waals surface area contributed by atoms with Crippen molar-refractivity contribution >= 4 is 23.0 Å². The molecule has 2 N–H and O–H groups in total. The van der Waals surface area contributed by atoms with Gasteiger partial charge in [0.05, 0.1) is 16.0 Å². The van der Waals surface area contributed by atoms with Gasteiger partial charge in [-0.15, -0.1) is 0 Å². The molecule has 2 bridgehead atoms. The molecule has 2 saturated heterocycles. The summed E-state index contributed by atoms with van der Waals surface area (Å²) in [6.45, 7) is 0. The van der Waals surface area contributed by atoms with E-state index in [2.05, 4.69) is 10.6 Å². The Morgan fingerprint density at radius 3 is 2.60 bits per heavy atom. The fraction of sp³-hybridized carbons (Fsp3) is 0.538. The van der Waals surface area contributed by atoms with E-state index in [4.69, 9.17) is 11.6 Å². The van der Waals surface area contributed by atoms with Crippen molar-refractivity contribution in [2.24, 2.45) is 0 Å². The van der Waals surface area contributed by atoms with E-state index < -0.39 is 10.7 Å². The third-order valence-corrected chi connectivity index (χ3v) is 4.36. The van der Waals surface area contributed by atoms with Crippen LogP contribution in [0.25, 0.3) is 0 Å². The second-order valence-electron chi connectivity index (χ2n) is 5.49. The number of nitro groups is 1. The number of rotatable bonds is 3. The molecular formula is C13H15ClFN3O2. The largest absolute Gasteiger partial charge is 0.377 e. The number of nitrogens with zero attached hydrogens (tertiary/aromatic N) is 1. The van der Waals surface area contributed by atoms with Gasteiger partial charge in [0.15, 0.2) is 0 Å². The Morgan fingerprint density at radius 2 is 2.00 bits per heavy atom. The van der Waals surface area contributed by atoms with Gasteiger partial charge in [-0.05, 0) is 31.7 Å². The smallest absolute Gasteiger partial charge is 0.295 e. The van der Waals surface area contributed by atoms with Crippen molar-refractivity contribution in [3.05, 3.63) is 33.1 Å². The fourth-order valence-electron chi connectivity index (χ4n) is 3.20. The van der Waals surface area contributed by atoms with Gasteiger partial charge in [-0.2, -0.15) is 0 Å². The Bertz CT molecular complexity index is 543. The molecule has 2 atom stereocenters. The van der Waals surface area contributed by atoms with Gasteiger partial charge in [0.25, 0.3) is 5.69 Å². The minimum absolute atomic E-state index is 0.102. The van der Waals surface area contributed by atoms with Crippen molar-refractivity contribution in [1.82, 2.24) is 5.32 Å². The molecule has 3 rings (SSSR count). The Hall–Kier alpha value is -1.40. The van der Waals surface area contributed by atoms with Gasteiger partial charge in [0.1, 0.15) is 11.5 Å². The molecule has 20 heavy (non-hydrogen) atoms. The van der Waals surface area contributed by atoms with Crippen LogP contribution in [0.3, 0.4) is 0 Å². The number of anilines is 1. The number of benzene rings is 1. The van der Waals surface area contributed by atoms with Crippen LogP contribution >= 0.6 is 11.6 Å². The second-order valence-corrected chi connectivity index (χ2v) is 5.90. The van der Waals surface area contributed by atoms with Crippen molar-refractivity contribution in [2.75, 3.05) is 5.32 Å².